The average Bonchev–Trinajstić information content (AvgIpc) is 2.83. The van der Waals surface area contributed by atoms with Gasteiger partial charge in [0.15, 0.2) is 5.13 Å². The Hall–Kier alpha value is -1.30. The number of rotatable bonds is 4. The molecule has 0 radical (unpaired) electrons. The van der Waals surface area contributed by atoms with Crippen molar-refractivity contribution in [1.29, 1.82) is 0 Å². The molecule has 1 aromatic heterocycles. The first kappa shape index (κ1) is 16.1. The number of carbonyl (C=O) groups is 1. The third kappa shape index (κ3) is 3.67. The highest BCUT2D eigenvalue weighted by Crippen LogP contribution is 2.31. The van der Waals surface area contributed by atoms with Crippen molar-refractivity contribution in [2.75, 3.05) is 24.2 Å². The first-order chi connectivity index (χ1) is 9.92. The Kier molecular flexibility index (Phi) is 5.08. The molecule has 0 aliphatic heterocycles. The fraction of sp³-hybridized carbons (Fsp3) is 0.733. The molecule has 3 atom stereocenters. The molecule has 21 heavy (non-hydrogen) atoms. The van der Waals surface area contributed by atoms with Crippen LogP contribution < -0.4 is 16.0 Å². The van der Waals surface area contributed by atoms with Crippen LogP contribution in [0, 0.1) is 11.8 Å². The summed E-state index contributed by atoms with van der Waals surface area (Å²) in [6.45, 7) is 7.38. The van der Waals surface area contributed by atoms with Gasteiger partial charge in [0.1, 0.15) is 10.7 Å². The lowest BCUT2D eigenvalue weighted by Gasteiger charge is -2.33. The van der Waals surface area contributed by atoms with Gasteiger partial charge in [0.05, 0.1) is 0 Å². The van der Waals surface area contributed by atoms with Gasteiger partial charge in [-0.05, 0) is 38.0 Å². The molecule has 1 heterocycles. The maximum Gasteiger partial charge on any atom is 0.265 e. The van der Waals surface area contributed by atoms with Crippen LogP contribution in [0.15, 0.2) is 0 Å². The highest BCUT2D eigenvalue weighted by molar-refractivity contribution is 7.18. The molecular formula is C15H26N4OS. The van der Waals surface area contributed by atoms with Gasteiger partial charge in [-0.15, -0.1) is 0 Å². The number of nitrogens with one attached hydrogen (secondary N) is 1. The van der Waals surface area contributed by atoms with Crippen molar-refractivity contribution in [1.82, 2.24) is 10.3 Å². The second kappa shape index (κ2) is 6.64. The molecule has 1 saturated carbocycles. The van der Waals surface area contributed by atoms with Crippen LogP contribution >= 0.6 is 11.3 Å². The number of nitrogens with zero attached hydrogens (tertiary/aromatic N) is 2. The van der Waals surface area contributed by atoms with Gasteiger partial charge in [-0.1, -0.05) is 25.2 Å². The Balaban J connectivity index is 2.05. The number of nitrogen functional groups attached to an aromatic ring is 1. The van der Waals surface area contributed by atoms with E-state index in [4.69, 9.17) is 5.73 Å². The molecular weight excluding hydrogens is 284 g/mol. The number of hydrogen-bond donors (Lipinski definition) is 2. The van der Waals surface area contributed by atoms with Crippen molar-refractivity contribution in [3.63, 3.8) is 0 Å². The van der Waals surface area contributed by atoms with Crippen LogP contribution in [0.1, 0.15) is 49.7 Å². The molecule has 118 valence electrons. The van der Waals surface area contributed by atoms with Gasteiger partial charge in [0.25, 0.3) is 5.91 Å². The van der Waals surface area contributed by atoms with Crippen molar-refractivity contribution in [2.24, 2.45) is 11.8 Å². The zero-order chi connectivity index (χ0) is 15.6. The summed E-state index contributed by atoms with van der Waals surface area (Å²) in [4.78, 5) is 19.3. The minimum Gasteiger partial charge on any atom is -0.382 e. The van der Waals surface area contributed by atoms with E-state index < -0.39 is 0 Å². The molecule has 0 saturated heterocycles. The quantitative estimate of drug-likeness (QED) is 0.897. The van der Waals surface area contributed by atoms with Gasteiger partial charge in [0, 0.05) is 19.6 Å². The highest BCUT2D eigenvalue weighted by atomic mass is 32.1. The first-order valence-corrected chi connectivity index (χ1v) is 8.52. The first-order valence-electron chi connectivity index (χ1n) is 7.70. The lowest BCUT2D eigenvalue weighted by Crippen LogP contribution is -2.42. The minimum atomic E-state index is -0.0767. The summed E-state index contributed by atoms with van der Waals surface area (Å²) in [6, 6.07) is 0.252. The number of nitrogens with two attached hydrogens (primary N) is 1. The Morgan fingerprint density at radius 1 is 1.48 bits per heavy atom. The third-order valence-corrected chi connectivity index (χ3v) is 5.58. The highest BCUT2D eigenvalue weighted by Gasteiger charge is 2.28. The van der Waals surface area contributed by atoms with Crippen molar-refractivity contribution >= 4 is 28.2 Å². The summed E-state index contributed by atoms with van der Waals surface area (Å²) in [5, 5.41) is 3.95. The van der Waals surface area contributed by atoms with Crippen molar-refractivity contribution in [3.8, 4) is 0 Å². The maximum atomic E-state index is 12.4. The van der Waals surface area contributed by atoms with E-state index >= 15 is 0 Å². The topological polar surface area (TPSA) is 71.2 Å². The van der Waals surface area contributed by atoms with Crippen molar-refractivity contribution < 1.29 is 4.79 Å². The van der Waals surface area contributed by atoms with Crippen LogP contribution in [-0.4, -0.2) is 30.5 Å². The molecule has 6 heteroatoms. The predicted molar refractivity (Wildman–Crippen MR) is 88.9 cm³/mol. The molecule has 0 spiro atoms. The Labute approximate surface area is 130 Å². The molecule has 1 aromatic rings. The standard InChI is InChI=1S/C15H26N4OS/c1-5-19(4)15-18-13(16)12(21-15)14(20)17-11-7-6-9(2)8-10(11)3/h9-11H,5-8,16H2,1-4H3,(H,17,20). The van der Waals surface area contributed by atoms with E-state index in [1.165, 1.54) is 24.2 Å². The van der Waals surface area contributed by atoms with E-state index in [1.807, 2.05) is 18.9 Å². The third-order valence-electron chi connectivity index (χ3n) is 4.40. The number of aromatic nitrogens is 1. The van der Waals surface area contributed by atoms with E-state index in [9.17, 15) is 4.79 Å². The number of thiazole rings is 1. The summed E-state index contributed by atoms with van der Waals surface area (Å²) < 4.78 is 0. The second-order valence-corrected chi connectivity index (χ2v) is 7.18. The number of anilines is 2. The van der Waals surface area contributed by atoms with Gasteiger partial charge in [-0.3, -0.25) is 4.79 Å². The van der Waals surface area contributed by atoms with Crippen molar-refractivity contribution in [2.45, 2.75) is 46.1 Å². The average molecular weight is 310 g/mol. The molecule has 1 fully saturated rings. The normalized spacial score (nSPS) is 25.6. The lowest BCUT2D eigenvalue weighted by atomic mass is 9.80. The molecule has 1 amide bonds. The van der Waals surface area contributed by atoms with E-state index in [2.05, 4.69) is 24.1 Å². The van der Waals surface area contributed by atoms with Gasteiger partial charge in [-0.2, -0.15) is 0 Å². The SMILES string of the molecule is CCN(C)c1nc(N)c(C(=O)NC2CCC(C)CC2C)s1. The largest absolute Gasteiger partial charge is 0.382 e. The molecule has 1 aliphatic carbocycles. The molecule has 2 rings (SSSR count). The Morgan fingerprint density at radius 3 is 2.81 bits per heavy atom. The maximum absolute atomic E-state index is 12.4. The van der Waals surface area contributed by atoms with E-state index in [0.29, 0.717) is 16.6 Å². The molecule has 0 aromatic carbocycles. The smallest absolute Gasteiger partial charge is 0.265 e. The van der Waals surface area contributed by atoms with Gasteiger partial charge >= 0.3 is 0 Å². The second-order valence-electron chi connectivity index (χ2n) is 6.20. The number of hydrogen-bond acceptors (Lipinski definition) is 5. The Bertz CT molecular complexity index is 502. The van der Waals surface area contributed by atoms with E-state index in [-0.39, 0.29) is 11.9 Å². The molecule has 3 unspecified atom stereocenters. The lowest BCUT2D eigenvalue weighted by molar-refractivity contribution is 0.0904. The number of amides is 1. The van der Waals surface area contributed by atoms with Crippen LogP contribution in [-0.2, 0) is 0 Å². The molecule has 1 aliphatic rings. The van der Waals surface area contributed by atoms with Crippen molar-refractivity contribution in [3.05, 3.63) is 4.88 Å². The molecule has 0 bridgehead atoms. The van der Waals surface area contributed by atoms with Crippen LogP contribution in [0.4, 0.5) is 10.9 Å². The van der Waals surface area contributed by atoms with E-state index in [0.717, 1.165) is 24.0 Å². The summed E-state index contributed by atoms with van der Waals surface area (Å²) >= 11 is 1.37. The summed E-state index contributed by atoms with van der Waals surface area (Å²) in [7, 11) is 1.95. The fourth-order valence-corrected chi connectivity index (χ4v) is 3.81. The monoisotopic (exact) mass is 310 g/mol. The molecule has 3 N–H and O–H groups in total. The van der Waals surface area contributed by atoms with Crippen LogP contribution in [0.5, 0.6) is 0 Å². The fourth-order valence-electron chi connectivity index (χ4n) is 2.90. The zero-order valence-corrected chi connectivity index (χ0v) is 14.2. The van der Waals surface area contributed by atoms with Gasteiger partial charge in [0.2, 0.25) is 0 Å². The van der Waals surface area contributed by atoms with Crippen LogP contribution in [0.3, 0.4) is 0 Å². The van der Waals surface area contributed by atoms with Crippen LogP contribution in [0.2, 0.25) is 0 Å². The summed E-state index contributed by atoms with van der Waals surface area (Å²) in [6.07, 6.45) is 3.40. The minimum absolute atomic E-state index is 0.0767. The summed E-state index contributed by atoms with van der Waals surface area (Å²) in [5.74, 6) is 1.54. The molecule has 5 nitrogen and oxygen atoms in total. The van der Waals surface area contributed by atoms with Gasteiger partial charge in [-0.25, -0.2) is 4.98 Å². The Morgan fingerprint density at radius 2 is 2.19 bits per heavy atom. The number of carbonyl (C=O) groups excluding carboxylic acids is 1. The summed E-state index contributed by atoms with van der Waals surface area (Å²) in [5.41, 5.74) is 5.91. The van der Waals surface area contributed by atoms with Crippen LogP contribution in [0.25, 0.3) is 0 Å². The zero-order valence-electron chi connectivity index (χ0n) is 13.3. The van der Waals surface area contributed by atoms with E-state index in [1.54, 1.807) is 0 Å². The predicted octanol–water partition coefficient (Wildman–Crippen LogP) is 2.74. The van der Waals surface area contributed by atoms with Gasteiger partial charge < -0.3 is 16.0 Å².